The number of ether oxygens (including phenoxy) is 1. The number of fused-ring (bicyclic) bond motifs is 1. The van der Waals surface area contributed by atoms with E-state index in [4.69, 9.17) is 21.4 Å². The molecule has 0 radical (unpaired) electrons. The summed E-state index contributed by atoms with van der Waals surface area (Å²) in [5.74, 6) is 0.284. The van der Waals surface area contributed by atoms with Crippen LogP contribution in [0, 0.1) is 0 Å². The van der Waals surface area contributed by atoms with E-state index < -0.39 is 0 Å². The van der Waals surface area contributed by atoms with Crippen molar-refractivity contribution in [2.45, 2.75) is 6.54 Å². The highest BCUT2D eigenvalue weighted by molar-refractivity contribution is 8.26. The highest BCUT2D eigenvalue weighted by Crippen LogP contribution is 2.35. The minimum absolute atomic E-state index is 0.00217. The largest absolute Gasteiger partial charge is 0.482 e. The highest BCUT2D eigenvalue weighted by atomic mass is 32.2. The van der Waals surface area contributed by atoms with Gasteiger partial charge in [0, 0.05) is 5.56 Å². The molecule has 8 heteroatoms. The van der Waals surface area contributed by atoms with E-state index in [2.05, 4.69) is 5.32 Å². The lowest BCUT2D eigenvalue weighted by Gasteiger charge is -2.29. The summed E-state index contributed by atoms with van der Waals surface area (Å²) in [6, 6.07) is 7.28. The van der Waals surface area contributed by atoms with E-state index in [0.29, 0.717) is 27.2 Å². The summed E-state index contributed by atoms with van der Waals surface area (Å²) in [5, 5.41) is 2.58. The Bertz CT molecular complexity index is 905. The minimum atomic E-state index is -0.213. The van der Waals surface area contributed by atoms with Crippen LogP contribution in [-0.2, 0) is 16.1 Å². The number of thiocarbonyl (C=S) groups is 1. The van der Waals surface area contributed by atoms with Crippen LogP contribution in [0.3, 0.4) is 0 Å². The summed E-state index contributed by atoms with van der Waals surface area (Å²) in [7, 11) is 0. The van der Waals surface area contributed by atoms with Gasteiger partial charge in [-0.1, -0.05) is 30.0 Å². The summed E-state index contributed by atoms with van der Waals surface area (Å²) in [6.45, 7) is 0.392. The Morgan fingerprint density at radius 3 is 2.92 bits per heavy atom. The molecule has 2 aliphatic rings. The maximum Gasteiger partial charge on any atom is 0.265 e. The summed E-state index contributed by atoms with van der Waals surface area (Å²) in [5.41, 5.74) is 2.34. The number of hydrogen-bond acceptors (Lipinski definition) is 6. The molecule has 0 spiro atoms. The molecule has 2 amide bonds. The first-order valence-corrected chi connectivity index (χ1v) is 8.66. The van der Waals surface area contributed by atoms with Crippen LogP contribution in [0.4, 0.5) is 5.69 Å². The third-order valence-corrected chi connectivity index (χ3v) is 4.95. The Morgan fingerprint density at radius 2 is 2.20 bits per heavy atom. The van der Waals surface area contributed by atoms with Gasteiger partial charge < -0.3 is 19.4 Å². The lowest BCUT2D eigenvalue weighted by Crippen LogP contribution is -2.38. The zero-order valence-corrected chi connectivity index (χ0v) is 14.5. The van der Waals surface area contributed by atoms with Crippen molar-refractivity contribution in [3.8, 4) is 5.75 Å². The van der Waals surface area contributed by atoms with Gasteiger partial charge in [-0.05, 0) is 29.8 Å². The first-order chi connectivity index (χ1) is 12.1. The molecule has 0 bridgehead atoms. The third-order valence-electron chi connectivity index (χ3n) is 3.79. The molecule has 6 nitrogen and oxygen atoms in total. The van der Waals surface area contributed by atoms with Crippen molar-refractivity contribution in [3.05, 3.63) is 52.8 Å². The van der Waals surface area contributed by atoms with E-state index >= 15 is 0 Å². The number of thioether (sulfide) groups is 1. The van der Waals surface area contributed by atoms with Crippen LogP contribution >= 0.6 is 24.0 Å². The normalized spacial score (nSPS) is 18.3. The number of benzene rings is 1. The molecular formula is C17H12N2O4S2. The van der Waals surface area contributed by atoms with Gasteiger partial charge in [0.1, 0.15) is 10.1 Å². The topological polar surface area (TPSA) is 71.8 Å². The zero-order valence-electron chi connectivity index (χ0n) is 12.9. The maximum atomic E-state index is 12.3. The molecule has 0 saturated carbocycles. The Hall–Kier alpha value is -2.58. The molecule has 4 rings (SSSR count). The second-order valence-corrected chi connectivity index (χ2v) is 7.20. The van der Waals surface area contributed by atoms with Gasteiger partial charge in [0.15, 0.2) is 6.61 Å². The van der Waals surface area contributed by atoms with Crippen LogP contribution in [0.25, 0.3) is 6.08 Å². The average Bonchev–Trinajstić information content (AvgIpc) is 3.20. The number of nitrogens with one attached hydrogen (secondary N) is 1. The van der Waals surface area contributed by atoms with Crippen molar-refractivity contribution in [1.29, 1.82) is 0 Å². The van der Waals surface area contributed by atoms with Gasteiger partial charge in [0.25, 0.3) is 11.8 Å². The fourth-order valence-corrected chi connectivity index (χ4v) is 3.66. The molecular weight excluding hydrogens is 360 g/mol. The minimum Gasteiger partial charge on any atom is -0.482 e. The van der Waals surface area contributed by atoms with Crippen molar-refractivity contribution in [2.75, 3.05) is 11.5 Å². The van der Waals surface area contributed by atoms with Crippen LogP contribution in [0.1, 0.15) is 11.1 Å². The van der Waals surface area contributed by atoms with Crippen LogP contribution in [0.5, 0.6) is 5.75 Å². The predicted molar refractivity (Wildman–Crippen MR) is 98.1 cm³/mol. The molecule has 1 fully saturated rings. The highest BCUT2D eigenvalue weighted by Gasteiger charge is 2.27. The predicted octanol–water partition coefficient (Wildman–Crippen LogP) is 2.69. The number of rotatable bonds is 3. The van der Waals surface area contributed by atoms with Gasteiger partial charge in [-0.3, -0.25) is 9.59 Å². The Morgan fingerprint density at radius 1 is 1.32 bits per heavy atom. The van der Waals surface area contributed by atoms with Crippen LogP contribution < -0.4 is 15.0 Å². The van der Waals surface area contributed by atoms with Crippen molar-refractivity contribution in [1.82, 2.24) is 5.32 Å². The lowest BCUT2D eigenvalue weighted by atomic mass is 10.1. The molecule has 2 aliphatic heterocycles. The van der Waals surface area contributed by atoms with E-state index in [9.17, 15) is 9.59 Å². The van der Waals surface area contributed by atoms with Gasteiger partial charge >= 0.3 is 0 Å². The van der Waals surface area contributed by atoms with Crippen LogP contribution in [-0.4, -0.2) is 22.7 Å². The standard InChI is InChI=1S/C17H12N2O4S2/c20-15-9-23-13-2-1-10(6-14-16(21)18-17(24)25-14)5-12(13)19(15)7-11-3-4-22-8-11/h1-6,8H,7,9H2,(H,18,21,24). The second-order valence-electron chi connectivity index (χ2n) is 5.48. The van der Waals surface area contributed by atoms with Crippen LogP contribution in [0.15, 0.2) is 46.1 Å². The zero-order chi connectivity index (χ0) is 17.4. The van der Waals surface area contributed by atoms with E-state index in [1.807, 2.05) is 18.2 Å². The average molecular weight is 372 g/mol. The SMILES string of the molecule is O=C1NC(=S)SC1=Cc1ccc2c(c1)N(Cc1ccoc1)C(=O)CO2. The molecule has 3 heterocycles. The van der Waals surface area contributed by atoms with E-state index in [1.54, 1.807) is 29.6 Å². The molecule has 0 unspecified atom stereocenters. The van der Waals surface area contributed by atoms with Crippen molar-refractivity contribution in [2.24, 2.45) is 0 Å². The molecule has 1 saturated heterocycles. The molecule has 2 aromatic rings. The lowest BCUT2D eigenvalue weighted by molar-refractivity contribution is -0.121. The van der Waals surface area contributed by atoms with Crippen molar-refractivity contribution < 1.29 is 18.7 Å². The summed E-state index contributed by atoms with van der Waals surface area (Å²) < 4.78 is 11.0. The molecule has 1 N–H and O–H groups in total. The molecule has 1 aromatic carbocycles. The van der Waals surface area contributed by atoms with Crippen molar-refractivity contribution >= 4 is 51.9 Å². The maximum absolute atomic E-state index is 12.3. The van der Waals surface area contributed by atoms with Gasteiger partial charge in [-0.2, -0.15) is 0 Å². The second kappa shape index (κ2) is 6.38. The fourth-order valence-electron chi connectivity index (χ4n) is 2.62. The Balaban J connectivity index is 1.69. The first kappa shape index (κ1) is 15.9. The number of nitrogens with zero attached hydrogens (tertiary/aromatic N) is 1. The summed E-state index contributed by atoms with van der Waals surface area (Å²) in [4.78, 5) is 26.3. The Kier molecular flexibility index (Phi) is 4.06. The monoisotopic (exact) mass is 372 g/mol. The van der Waals surface area contributed by atoms with Gasteiger partial charge in [0.2, 0.25) is 0 Å². The Labute approximate surface area is 152 Å². The quantitative estimate of drug-likeness (QED) is 0.660. The number of hydrogen-bond donors (Lipinski definition) is 1. The van der Waals surface area contributed by atoms with E-state index in [-0.39, 0.29) is 18.4 Å². The molecule has 1 aromatic heterocycles. The van der Waals surface area contributed by atoms with E-state index in [1.165, 1.54) is 11.8 Å². The van der Waals surface area contributed by atoms with Gasteiger partial charge in [-0.25, -0.2) is 0 Å². The van der Waals surface area contributed by atoms with E-state index in [0.717, 1.165) is 11.1 Å². The molecule has 126 valence electrons. The number of anilines is 1. The third kappa shape index (κ3) is 3.18. The van der Waals surface area contributed by atoms with Crippen molar-refractivity contribution in [3.63, 3.8) is 0 Å². The molecule has 0 atom stereocenters. The molecule has 25 heavy (non-hydrogen) atoms. The first-order valence-electron chi connectivity index (χ1n) is 7.43. The fraction of sp³-hybridized carbons (Fsp3) is 0.118. The van der Waals surface area contributed by atoms with Gasteiger partial charge in [0.05, 0.1) is 29.7 Å². The number of carbonyl (C=O) groups excluding carboxylic acids is 2. The number of furan rings is 1. The summed E-state index contributed by atoms with van der Waals surface area (Å²) in [6.07, 6.45) is 4.92. The molecule has 0 aliphatic carbocycles. The summed E-state index contributed by atoms with van der Waals surface area (Å²) >= 11 is 6.21. The number of carbonyl (C=O) groups is 2. The van der Waals surface area contributed by atoms with Crippen LogP contribution in [0.2, 0.25) is 0 Å². The number of amides is 2. The smallest absolute Gasteiger partial charge is 0.265 e. The van der Waals surface area contributed by atoms with Gasteiger partial charge in [-0.15, -0.1) is 0 Å².